The minimum atomic E-state index is -3.54. The van der Waals surface area contributed by atoms with Crippen molar-refractivity contribution in [2.24, 2.45) is 0 Å². The SMILES string of the molecule is Cc1ccc(N(CCCC(=O)N(Cc2cccc(Cl)c2)C(C)C(=O)NC2CCCCC2)S(C)(=O)=O)cc1C. The molecule has 38 heavy (non-hydrogen) atoms. The fourth-order valence-electron chi connectivity index (χ4n) is 4.87. The summed E-state index contributed by atoms with van der Waals surface area (Å²) < 4.78 is 26.5. The topological polar surface area (TPSA) is 86.8 Å². The maximum atomic E-state index is 13.5. The highest BCUT2D eigenvalue weighted by Crippen LogP contribution is 2.23. The molecule has 9 heteroatoms. The van der Waals surface area contributed by atoms with Crippen LogP contribution in [0.2, 0.25) is 5.02 Å². The molecule has 1 N–H and O–H groups in total. The first-order valence-electron chi connectivity index (χ1n) is 13.3. The number of hydrogen-bond donors (Lipinski definition) is 1. The third kappa shape index (κ3) is 8.46. The zero-order valence-corrected chi connectivity index (χ0v) is 24.4. The number of carbonyl (C=O) groups is 2. The first kappa shape index (κ1) is 30.0. The highest BCUT2D eigenvalue weighted by Gasteiger charge is 2.28. The fourth-order valence-corrected chi connectivity index (χ4v) is 6.04. The number of anilines is 1. The van der Waals surface area contributed by atoms with Gasteiger partial charge in [0.25, 0.3) is 0 Å². The highest BCUT2D eigenvalue weighted by atomic mass is 35.5. The van der Waals surface area contributed by atoms with Crippen molar-refractivity contribution in [1.82, 2.24) is 10.2 Å². The molecule has 1 fully saturated rings. The molecule has 0 saturated heterocycles. The van der Waals surface area contributed by atoms with E-state index in [-0.39, 0.29) is 37.4 Å². The third-order valence-corrected chi connectivity index (χ3v) is 8.72. The van der Waals surface area contributed by atoms with Crippen LogP contribution in [0, 0.1) is 13.8 Å². The van der Waals surface area contributed by atoms with Gasteiger partial charge in [-0.2, -0.15) is 0 Å². The molecule has 1 atom stereocenters. The Kier molecular flexibility index (Phi) is 10.6. The molecule has 0 bridgehead atoms. The molecule has 0 radical (unpaired) electrons. The van der Waals surface area contributed by atoms with Crippen LogP contribution in [0.4, 0.5) is 5.69 Å². The lowest BCUT2D eigenvalue weighted by molar-refractivity contribution is -0.141. The number of carbonyl (C=O) groups excluding carboxylic acids is 2. The molecule has 1 aliphatic carbocycles. The Morgan fingerprint density at radius 1 is 1.05 bits per heavy atom. The van der Waals surface area contributed by atoms with Crippen molar-refractivity contribution in [3.63, 3.8) is 0 Å². The first-order valence-corrected chi connectivity index (χ1v) is 15.6. The van der Waals surface area contributed by atoms with Crippen LogP contribution in [0.3, 0.4) is 0 Å². The van der Waals surface area contributed by atoms with Gasteiger partial charge in [-0.05, 0) is 81.0 Å². The number of benzene rings is 2. The molecule has 0 aliphatic heterocycles. The number of nitrogens with one attached hydrogen (secondary N) is 1. The molecule has 0 spiro atoms. The van der Waals surface area contributed by atoms with Gasteiger partial charge < -0.3 is 10.2 Å². The Morgan fingerprint density at radius 2 is 1.76 bits per heavy atom. The second-order valence-electron chi connectivity index (χ2n) is 10.4. The Bertz CT molecular complexity index is 1230. The van der Waals surface area contributed by atoms with E-state index in [9.17, 15) is 18.0 Å². The lowest BCUT2D eigenvalue weighted by atomic mass is 9.95. The van der Waals surface area contributed by atoms with Gasteiger partial charge >= 0.3 is 0 Å². The minimum absolute atomic E-state index is 0.110. The molecule has 1 unspecified atom stereocenters. The van der Waals surface area contributed by atoms with Crippen LogP contribution in [-0.2, 0) is 26.2 Å². The summed E-state index contributed by atoms with van der Waals surface area (Å²) in [6.07, 6.45) is 6.91. The summed E-state index contributed by atoms with van der Waals surface area (Å²) in [7, 11) is -3.54. The van der Waals surface area contributed by atoms with Crippen molar-refractivity contribution >= 4 is 39.1 Å². The Labute approximate surface area is 232 Å². The van der Waals surface area contributed by atoms with Gasteiger partial charge in [-0.15, -0.1) is 0 Å². The van der Waals surface area contributed by atoms with Crippen molar-refractivity contribution in [2.75, 3.05) is 17.1 Å². The lowest BCUT2D eigenvalue weighted by Crippen LogP contribution is -2.50. The van der Waals surface area contributed by atoms with Crippen LogP contribution in [0.25, 0.3) is 0 Å². The second-order valence-corrected chi connectivity index (χ2v) is 12.7. The maximum absolute atomic E-state index is 13.5. The number of amides is 2. The summed E-state index contributed by atoms with van der Waals surface area (Å²) in [5.74, 6) is -0.370. The predicted octanol–water partition coefficient (Wildman–Crippen LogP) is 5.37. The van der Waals surface area contributed by atoms with Gasteiger partial charge in [0.1, 0.15) is 6.04 Å². The molecule has 2 amide bonds. The van der Waals surface area contributed by atoms with Crippen LogP contribution in [0.1, 0.15) is 68.6 Å². The summed E-state index contributed by atoms with van der Waals surface area (Å²) in [4.78, 5) is 28.2. The number of sulfonamides is 1. The van der Waals surface area contributed by atoms with E-state index < -0.39 is 16.1 Å². The smallest absolute Gasteiger partial charge is 0.242 e. The lowest BCUT2D eigenvalue weighted by Gasteiger charge is -2.31. The van der Waals surface area contributed by atoms with E-state index in [4.69, 9.17) is 11.6 Å². The number of hydrogen-bond acceptors (Lipinski definition) is 4. The van der Waals surface area contributed by atoms with E-state index in [1.807, 2.05) is 38.1 Å². The van der Waals surface area contributed by atoms with Gasteiger partial charge in [0.05, 0.1) is 11.9 Å². The normalized spacial score (nSPS) is 15.1. The summed E-state index contributed by atoms with van der Waals surface area (Å²) >= 11 is 6.17. The van der Waals surface area contributed by atoms with Crippen LogP contribution in [0.5, 0.6) is 0 Å². The van der Waals surface area contributed by atoms with E-state index in [2.05, 4.69) is 5.32 Å². The van der Waals surface area contributed by atoms with Crippen LogP contribution in [-0.4, -0.2) is 50.0 Å². The standard InChI is InChI=1S/C29H40ClN3O4S/c1-21-15-16-27(18-22(21)2)33(38(4,36)37)17-9-14-28(34)32(20-24-10-8-11-25(30)19-24)23(3)29(35)31-26-12-6-5-7-13-26/h8,10-11,15-16,18-19,23,26H,5-7,9,12-14,17,20H2,1-4H3,(H,31,35). The summed E-state index contributed by atoms with van der Waals surface area (Å²) in [6, 6.07) is 12.3. The molecule has 1 saturated carbocycles. The Balaban J connectivity index is 1.72. The molecule has 0 aromatic heterocycles. The van der Waals surface area contributed by atoms with Crippen LogP contribution in [0.15, 0.2) is 42.5 Å². The summed E-state index contributed by atoms with van der Waals surface area (Å²) in [5.41, 5.74) is 3.49. The molecule has 0 heterocycles. The van der Waals surface area contributed by atoms with E-state index in [0.29, 0.717) is 17.1 Å². The number of halogens is 1. The monoisotopic (exact) mass is 561 g/mol. The minimum Gasteiger partial charge on any atom is -0.352 e. The van der Waals surface area contributed by atoms with Gasteiger partial charge in [-0.25, -0.2) is 8.42 Å². The van der Waals surface area contributed by atoms with Crippen molar-refractivity contribution in [2.45, 2.75) is 84.3 Å². The van der Waals surface area contributed by atoms with E-state index in [1.165, 1.54) is 17.0 Å². The molecule has 2 aromatic carbocycles. The van der Waals surface area contributed by atoms with Crippen LogP contribution >= 0.6 is 11.6 Å². The largest absolute Gasteiger partial charge is 0.352 e. The van der Waals surface area contributed by atoms with E-state index in [1.54, 1.807) is 30.0 Å². The van der Waals surface area contributed by atoms with Gasteiger partial charge in [-0.3, -0.25) is 13.9 Å². The van der Waals surface area contributed by atoms with E-state index in [0.717, 1.165) is 42.4 Å². The molecule has 3 rings (SSSR count). The van der Waals surface area contributed by atoms with Crippen molar-refractivity contribution < 1.29 is 18.0 Å². The van der Waals surface area contributed by atoms with Gasteiger partial charge in [-0.1, -0.05) is 49.1 Å². The average Bonchev–Trinajstić information content (AvgIpc) is 2.86. The Hall–Kier alpha value is -2.58. The van der Waals surface area contributed by atoms with Crippen molar-refractivity contribution in [3.8, 4) is 0 Å². The molecular weight excluding hydrogens is 522 g/mol. The van der Waals surface area contributed by atoms with Crippen molar-refractivity contribution in [3.05, 3.63) is 64.2 Å². The van der Waals surface area contributed by atoms with Crippen LogP contribution < -0.4 is 9.62 Å². The fraction of sp³-hybridized carbons (Fsp3) is 0.517. The van der Waals surface area contributed by atoms with Gasteiger partial charge in [0.15, 0.2) is 0 Å². The molecular formula is C29H40ClN3O4S. The first-order chi connectivity index (χ1) is 18.0. The molecule has 7 nitrogen and oxygen atoms in total. The number of rotatable bonds is 11. The Morgan fingerprint density at radius 3 is 2.39 bits per heavy atom. The maximum Gasteiger partial charge on any atom is 0.242 e. The van der Waals surface area contributed by atoms with Gasteiger partial charge in [0, 0.05) is 30.6 Å². The van der Waals surface area contributed by atoms with Gasteiger partial charge in [0.2, 0.25) is 21.8 Å². The number of nitrogens with zero attached hydrogens (tertiary/aromatic N) is 2. The zero-order valence-electron chi connectivity index (χ0n) is 22.9. The summed E-state index contributed by atoms with van der Waals surface area (Å²) in [5, 5.41) is 3.69. The average molecular weight is 562 g/mol. The highest BCUT2D eigenvalue weighted by molar-refractivity contribution is 7.92. The third-order valence-electron chi connectivity index (χ3n) is 7.29. The molecule has 208 valence electrons. The van der Waals surface area contributed by atoms with E-state index >= 15 is 0 Å². The molecule has 1 aliphatic rings. The quantitative estimate of drug-likeness (QED) is 0.399. The predicted molar refractivity (Wildman–Crippen MR) is 154 cm³/mol. The summed E-state index contributed by atoms with van der Waals surface area (Å²) in [6.45, 7) is 6.07. The number of aryl methyl sites for hydroxylation is 2. The molecule has 2 aromatic rings. The second kappa shape index (κ2) is 13.5. The zero-order chi connectivity index (χ0) is 27.9. The van der Waals surface area contributed by atoms with Crippen molar-refractivity contribution in [1.29, 1.82) is 0 Å².